The van der Waals surface area contributed by atoms with Gasteiger partial charge in [-0.2, -0.15) is 0 Å². The van der Waals surface area contributed by atoms with Crippen LogP contribution in [0.4, 0.5) is 0 Å². The van der Waals surface area contributed by atoms with E-state index in [9.17, 15) is 4.79 Å². The molecule has 0 bridgehead atoms. The second-order valence-electron chi connectivity index (χ2n) is 6.03. The topological polar surface area (TPSA) is 50.4 Å². The number of hydrogen-bond acceptors (Lipinski definition) is 3. The molecule has 1 fully saturated rings. The predicted molar refractivity (Wildman–Crippen MR) is 92.0 cm³/mol. The van der Waals surface area contributed by atoms with Crippen molar-refractivity contribution in [2.45, 2.75) is 33.6 Å². The van der Waals surface area contributed by atoms with Gasteiger partial charge in [0, 0.05) is 6.54 Å². The van der Waals surface area contributed by atoms with Gasteiger partial charge >= 0.3 is 0 Å². The number of rotatable bonds is 5. The van der Waals surface area contributed by atoms with Crippen LogP contribution in [-0.4, -0.2) is 32.1 Å². The van der Waals surface area contributed by atoms with E-state index in [1.165, 1.54) is 18.4 Å². The maximum absolute atomic E-state index is 11.9. The van der Waals surface area contributed by atoms with E-state index in [0.29, 0.717) is 5.92 Å². The minimum absolute atomic E-state index is 0. The van der Waals surface area contributed by atoms with Gasteiger partial charge < -0.3 is 15.4 Å². The monoisotopic (exact) mass is 326 g/mol. The zero-order chi connectivity index (χ0) is 15.2. The Morgan fingerprint density at radius 1 is 1.32 bits per heavy atom. The van der Waals surface area contributed by atoms with Crippen molar-refractivity contribution in [1.82, 2.24) is 10.6 Å². The zero-order valence-corrected chi connectivity index (χ0v) is 14.5. The number of hydrogen-bond donors (Lipinski definition) is 2. The third-order valence-corrected chi connectivity index (χ3v) is 3.94. The summed E-state index contributed by atoms with van der Waals surface area (Å²) < 4.78 is 5.70. The molecule has 0 saturated carbocycles. The molecular formula is C17H27ClN2O2. The van der Waals surface area contributed by atoms with Gasteiger partial charge in [-0.3, -0.25) is 4.79 Å². The van der Waals surface area contributed by atoms with Crippen LogP contribution in [0.25, 0.3) is 0 Å². The highest BCUT2D eigenvalue weighted by molar-refractivity contribution is 5.85. The minimum atomic E-state index is -0.0417. The van der Waals surface area contributed by atoms with Crippen molar-refractivity contribution in [2.75, 3.05) is 26.2 Å². The van der Waals surface area contributed by atoms with Crippen LogP contribution in [0.1, 0.15) is 29.5 Å². The van der Waals surface area contributed by atoms with Crippen molar-refractivity contribution >= 4 is 18.3 Å². The third-order valence-electron chi connectivity index (χ3n) is 3.94. The molecule has 0 radical (unpaired) electrons. The number of piperidine rings is 1. The lowest BCUT2D eigenvalue weighted by Crippen LogP contribution is -2.39. The van der Waals surface area contributed by atoms with E-state index >= 15 is 0 Å². The molecule has 1 aliphatic heterocycles. The van der Waals surface area contributed by atoms with Crippen molar-refractivity contribution in [3.8, 4) is 5.75 Å². The molecule has 1 unspecified atom stereocenters. The van der Waals surface area contributed by atoms with E-state index in [2.05, 4.69) is 29.7 Å². The molecule has 0 aromatic heterocycles. The average Bonchev–Trinajstić information content (AvgIpc) is 2.45. The molecule has 1 heterocycles. The molecule has 0 aliphatic carbocycles. The largest absolute Gasteiger partial charge is 0.483 e. The molecule has 22 heavy (non-hydrogen) atoms. The van der Waals surface area contributed by atoms with Gasteiger partial charge in [-0.15, -0.1) is 12.4 Å². The van der Waals surface area contributed by atoms with Crippen LogP contribution in [0, 0.1) is 26.7 Å². The van der Waals surface area contributed by atoms with Gasteiger partial charge in [0.2, 0.25) is 0 Å². The molecule has 124 valence electrons. The van der Waals surface area contributed by atoms with Gasteiger partial charge in [0.15, 0.2) is 6.61 Å². The highest BCUT2D eigenvalue weighted by Gasteiger charge is 2.14. The quantitative estimate of drug-likeness (QED) is 0.874. The standard InChI is InChI=1S/C17H26N2O2.ClH/c1-12-7-13(2)17(14(3)8-12)21-11-16(20)19-10-15-5-4-6-18-9-15;/h7-8,15,18H,4-6,9-11H2,1-3H3,(H,19,20);1H. The van der Waals surface area contributed by atoms with E-state index in [4.69, 9.17) is 4.74 Å². The van der Waals surface area contributed by atoms with Crippen LogP contribution < -0.4 is 15.4 Å². The van der Waals surface area contributed by atoms with Crippen molar-refractivity contribution < 1.29 is 9.53 Å². The van der Waals surface area contributed by atoms with E-state index in [-0.39, 0.29) is 24.9 Å². The third kappa shape index (κ3) is 5.50. The summed E-state index contributed by atoms with van der Waals surface area (Å²) >= 11 is 0. The van der Waals surface area contributed by atoms with Gasteiger partial charge in [0.25, 0.3) is 5.91 Å². The fraction of sp³-hybridized carbons (Fsp3) is 0.588. The number of carbonyl (C=O) groups is 1. The molecule has 4 nitrogen and oxygen atoms in total. The van der Waals surface area contributed by atoms with Crippen LogP contribution in [0.15, 0.2) is 12.1 Å². The van der Waals surface area contributed by atoms with E-state index in [1.54, 1.807) is 0 Å². The summed E-state index contributed by atoms with van der Waals surface area (Å²) in [6.45, 7) is 9.01. The predicted octanol–water partition coefficient (Wildman–Crippen LogP) is 2.53. The lowest BCUT2D eigenvalue weighted by Gasteiger charge is -2.23. The fourth-order valence-electron chi connectivity index (χ4n) is 2.94. The van der Waals surface area contributed by atoms with Crippen molar-refractivity contribution in [1.29, 1.82) is 0 Å². The number of ether oxygens (including phenoxy) is 1. The maximum Gasteiger partial charge on any atom is 0.257 e. The summed E-state index contributed by atoms with van der Waals surface area (Å²) in [5.41, 5.74) is 3.38. The first-order valence-electron chi connectivity index (χ1n) is 7.74. The number of nitrogens with one attached hydrogen (secondary N) is 2. The van der Waals surface area contributed by atoms with E-state index in [1.807, 2.05) is 13.8 Å². The van der Waals surface area contributed by atoms with Gasteiger partial charge in [0.1, 0.15) is 5.75 Å². The fourth-order valence-corrected chi connectivity index (χ4v) is 2.94. The van der Waals surface area contributed by atoms with Crippen LogP contribution in [0.5, 0.6) is 5.75 Å². The zero-order valence-electron chi connectivity index (χ0n) is 13.7. The maximum atomic E-state index is 11.9. The summed E-state index contributed by atoms with van der Waals surface area (Å²) in [4.78, 5) is 11.9. The van der Waals surface area contributed by atoms with Crippen LogP contribution in [-0.2, 0) is 4.79 Å². The lowest BCUT2D eigenvalue weighted by atomic mass is 10.00. The highest BCUT2D eigenvalue weighted by atomic mass is 35.5. The molecule has 1 amide bonds. The van der Waals surface area contributed by atoms with Gasteiger partial charge in [-0.1, -0.05) is 17.7 Å². The number of aryl methyl sites for hydroxylation is 3. The first-order valence-corrected chi connectivity index (χ1v) is 7.74. The second-order valence-corrected chi connectivity index (χ2v) is 6.03. The Hall–Kier alpha value is -1.26. The Bertz CT molecular complexity index is 476. The van der Waals surface area contributed by atoms with E-state index < -0.39 is 0 Å². The molecule has 1 aromatic carbocycles. The second kappa shape index (κ2) is 9.01. The van der Waals surface area contributed by atoms with Gasteiger partial charge in [-0.05, 0) is 63.7 Å². The SMILES string of the molecule is Cc1cc(C)c(OCC(=O)NCC2CCCNC2)c(C)c1.Cl. The summed E-state index contributed by atoms with van der Waals surface area (Å²) in [5.74, 6) is 1.33. The molecule has 1 atom stereocenters. The smallest absolute Gasteiger partial charge is 0.257 e. The number of amides is 1. The van der Waals surface area contributed by atoms with Crippen LogP contribution >= 0.6 is 12.4 Å². The molecule has 1 saturated heterocycles. The lowest BCUT2D eigenvalue weighted by molar-refractivity contribution is -0.123. The van der Waals surface area contributed by atoms with Gasteiger partial charge in [0.05, 0.1) is 0 Å². The first-order chi connectivity index (χ1) is 10.1. The highest BCUT2D eigenvalue weighted by Crippen LogP contribution is 2.24. The number of benzene rings is 1. The Balaban J connectivity index is 0.00000242. The Labute approximate surface area is 139 Å². The van der Waals surface area contributed by atoms with Gasteiger partial charge in [-0.25, -0.2) is 0 Å². The minimum Gasteiger partial charge on any atom is -0.483 e. The average molecular weight is 327 g/mol. The first kappa shape index (κ1) is 18.8. The summed E-state index contributed by atoms with van der Waals surface area (Å²) in [6, 6.07) is 4.15. The molecule has 2 N–H and O–H groups in total. The molecule has 5 heteroatoms. The Morgan fingerprint density at radius 3 is 2.59 bits per heavy atom. The van der Waals surface area contributed by atoms with Crippen molar-refractivity contribution in [3.05, 3.63) is 28.8 Å². The molecule has 1 aromatic rings. The van der Waals surface area contributed by atoms with E-state index in [0.717, 1.165) is 36.5 Å². The summed E-state index contributed by atoms with van der Waals surface area (Å²) in [5, 5.41) is 6.32. The number of carbonyl (C=O) groups excluding carboxylic acids is 1. The normalized spacial score (nSPS) is 17.5. The summed E-state index contributed by atoms with van der Waals surface area (Å²) in [7, 11) is 0. The Morgan fingerprint density at radius 2 is 2.00 bits per heavy atom. The van der Waals surface area contributed by atoms with Crippen molar-refractivity contribution in [2.24, 2.45) is 5.92 Å². The Kier molecular flexibility index (Phi) is 7.69. The van der Waals surface area contributed by atoms with Crippen molar-refractivity contribution in [3.63, 3.8) is 0 Å². The molecule has 0 spiro atoms. The molecule has 2 rings (SSSR count). The van der Waals surface area contributed by atoms with Crippen LogP contribution in [0.3, 0.4) is 0 Å². The molecular weight excluding hydrogens is 300 g/mol. The van der Waals surface area contributed by atoms with Crippen LogP contribution in [0.2, 0.25) is 0 Å². The number of halogens is 1. The molecule has 1 aliphatic rings. The summed E-state index contributed by atoms with van der Waals surface area (Å²) in [6.07, 6.45) is 2.38.